The number of nitrogens with zero attached hydrogens (tertiary/aromatic N) is 1. The smallest absolute Gasteiger partial charge is 0.230 e. The highest BCUT2D eigenvalue weighted by Crippen LogP contribution is 2.40. The third-order valence-electron chi connectivity index (χ3n) is 3.35. The first-order valence-corrected chi connectivity index (χ1v) is 6.63. The Bertz CT molecular complexity index is 470. The van der Waals surface area contributed by atoms with E-state index in [9.17, 15) is 9.59 Å². The van der Waals surface area contributed by atoms with Crippen LogP contribution >= 0.6 is 0 Å². The number of nitrogens with one attached hydrogen (secondary N) is 1. The van der Waals surface area contributed by atoms with Gasteiger partial charge in [0.1, 0.15) is 0 Å². The normalized spacial score (nSPS) is 21.1. The number of carbonyl (C=O) groups is 2. The maximum atomic E-state index is 12.3. The molecule has 1 aliphatic carbocycles. The van der Waals surface area contributed by atoms with Gasteiger partial charge in [-0.1, -0.05) is 18.2 Å². The highest BCUT2D eigenvalue weighted by molar-refractivity contribution is 6.00. The number of amides is 2. The van der Waals surface area contributed by atoms with Crippen LogP contribution in [0.15, 0.2) is 30.3 Å². The molecule has 0 heterocycles. The average molecular weight is 260 g/mol. The molecule has 0 spiro atoms. The molecule has 0 aromatic heterocycles. The Labute approximate surface area is 113 Å². The SMILES string of the molecule is CC(C)NC(=O)C1CC1C(=O)N(C)c1ccccc1. The Morgan fingerprint density at radius 1 is 1.21 bits per heavy atom. The molecule has 4 heteroatoms. The summed E-state index contributed by atoms with van der Waals surface area (Å²) in [5, 5.41) is 2.86. The molecule has 1 aliphatic rings. The van der Waals surface area contributed by atoms with Crippen LogP contribution in [0.3, 0.4) is 0 Å². The fraction of sp³-hybridized carbons (Fsp3) is 0.467. The van der Waals surface area contributed by atoms with Crippen LogP contribution < -0.4 is 10.2 Å². The molecule has 4 nitrogen and oxygen atoms in total. The first-order chi connectivity index (χ1) is 9.00. The summed E-state index contributed by atoms with van der Waals surface area (Å²) >= 11 is 0. The second-order valence-corrected chi connectivity index (χ2v) is 5.34. The van der Waals surface area contributed by atoms with E-state index in [4.69, 9.17) is 0 Å². The van der Waals surface area contributed by atoms with Gasteiger partial charge in [0, 0.05) is 18.8 Å². The van der Waals surface area contributed by atoms with Crippen LogP contribution in [0, 0.1) is 11.8 Å². The molecule has 1 aromatic carbocycles. The summed E-state index contributed by atoms with van der Waals surface area (Å²) in [5.41, 5.74) is 0.863. The summed E-state index contributed by atoms with van der Waals surface area (Å²) in [6.07, 6.45) is 0.661. The van der Waals surface area contributed by atoms with Gasteiger partial charge in [0.2, 0.25) is 11.8 Å². The van der Waals surface area contributed by atoms with Crippen LogP contribution in [-0.4, -0.2) is 24.9 Å². The number of carbonyl (C=O) groups excluding carboxylic acids is 2. The van der Waals surface area contributed by atoms with Crippen molar-refractivity contribution in [3.8, 4) is 0 Å². The summed E-state index contributed by atoms with van der Waals surface area (Å²) in [6, 6.07) is 9.62. The van der Waals surface area contributed by atoms with Crippen LogP contribution in [-0.2, 0) is 9.59 Å². The predicted molar refractivity (Wildman–Crippen MR) is 74.7 cm³/mol. The lowest BCUT2D eigenvalue weighted by Gasteiger charge is -2.17. The number of hydrogen-bond donors (Lipinski definition) is 1. The molecular formula is C15H20N2O2. The minimum atomic E-state index is -0.163. The molecule has 102 valence electrons. The maximum Gasteiger partial charge on any atom is 0.230 e. The molecule has 0 saturated heterocycles. The van der Waals surface area contributed by atoms with E-state index < -0.39 is 0 Å². The van der Waals surface area contributed by atoms with Gasteiger partial charge in [-0.2, -0.15) is 0 Å². The van der Waals surface area contributed by atoms with E-state index in [-0.39, 0.29) is 29.7 Å². The van der Waals surface area contributed by atoms with Gasteiger partial charge in [-0.15, -0.1) is 0 Å². The molecular weight excluding hydrogens is 240 g/mol. The van der Waals surface area contributed by atoms with Crippen molar-refractivity contribution in [1.82, 2.24) is 5.32 Å². The van der Waals surface area contributed by atoms with Crippen molar-refractivity contribution in [3.63, 3.8) is 0 Å². The second-order valence-electron chi connectivity index (χ2n) is 5.34. The Morgan fingerprint density at radius 2 is 1.84 bits per heavy atom. The topological polar surface area (TPSA) is 49.4 Å². The van der Waals surface area contributed by atoms with Gasteiger partial charge in [-0.25, -0.2) is 0 Å². The third-order valence-corrected chi connectivity index (χ3v) is 3.35. The summed E-state index contributed by atoms with van der Waals surface area (Å²) in [6.45, 7) is 3.85. The van der Waals surface area contributed by atoms with Gasteiger partial charge in [0.25, 0.3) is 0 Å². The van der Waals surface area contributed by atoms with Crippen molar-refractivity contribution < 1.29 is 9.59 Å². The molecule has 2 unspecified atom stereocenters. The van der Waals surface area contributed by atoms with Gasteiger partial charge >= 0.3 is 0 Å². The summed E-state index contributed by atoms with van der Waals surface area (Å²) in [5.74, 6) is -0.296. The Balaban J connectivity index is 1.94. The molecule has 0 bridgehead atoms. The van der Waals surface area contributed by atoms with Crippen LogP contribution in [0.5, 0.6) is 0 Å². The molecule has 1 saturated carbocycles. The van der Waals surface area contributed by atoms with Crippen molar-refractivity contribution in [1.29, 1.82) is 0 Å². The molecule has 0 radical (unpaired) electrons. The van der Waals surface area contributed by atoms with Crippen LogP contribution in [0.2, 0.25) is 0 Å². The van der Waals surface area contributed by atoms with E-state index in [1.165, 1.54) is 0 Å². The lowest BCUT2D eigenvalue weighted by atomic mass is 10.2. The van der Waals surface area contributed by atoms with Gasteiger partial charge in [-0.05, 0) is 32.4 Å². The lowest BCUT2D eigenvalue weighted by molar-refractivity contribution is -0.126. The van der Waals surface area contributed by atoms with E-state index in [1.54, 1.807) is 11.9 Å². The Kier molecular flexibility index (Phi) is 3.88. The largest absolute Gasteiger partial charge is 0.354 e. The van der Waals surface area contributed by atoms with Gasteiger partial charge in [0.15, 0.2) is 0 Å². The minimum Gasteiger partial charge on any atom is -0.354 e. The maximum absolute atomic E-state index is 12.3. The molecule has 2 amide bonds. The first-order valence-electron chi connectivity index (χ1n) is 6.63. The quantitative estimate of drug-likeness (QED) is 0.897. The Morgan fingerprint density at radius 3 is 2.42 bits per heavy atom. The standard InChI is InChI=1S/C15H20N2O2/c1-10(2)16-14(18)12-9-13(12)15(19)17(3)11-7-5-4-6-8-11/h4-8,10,12-13H,9H2,1-3H3,(H,16,18). The molecule has 1 fully saturated rings. The molecule has 2 rings (SSSR count). The van der Waals surface area contributed by atoms with Gasteiger partial charge in [-0.3, -0.25) is 9.59 Å². The zero-order chi connectivity index (χ0) is 14.0. The number of para-hydroxylation sites is 1. The monoisotopic (exact) mass is 260 g/mol. The van der Waals surface area contributed by atoms with Crippen molar-refractivity contribution >= 4 is 17.5 Å². The van der Waals surface area contributed by atoms with E-state index in [0.717, 1.165) is 5.69 Å². The molecule has 2 atom stereocenters. The number of rotatable bonds is 4. The van der Waals surface area contributed by atoms with E-state index >= 15 is 0 Å². The minimum absolute atomic E-state index is 0.00480. The predicted octanol–water partition coefficient (Wildman–Crippen LogP) is 1.81. The summed E-state index contributed by atoms with van der Waals surface area (Å²) in [7, 11) is 1.76. The number of hydrogen-bond acceptors (Lipinski definition) is 2. The molecule has 0 aliphatic heterocycles. The van der Waals surface area contributed by atoms with Crippen LogP contribution in [0.1, 0.15) is 20.3 Å². The van der Waals surface area contributed by atoms with E-state index in [1.807, 2.05) is 44.2 Å². The van der Waals surface area contributed by atoms with Gasteiger partial charge < -0.3 is 10.2 Å². The molecule has 1 N–H and O–H groups in total. The van der Waals surface area contributed by atoms with Crippen molar-refractivity contribution in [3.05, 3.63) is 30.3 Å². The highest BCUT2D eigenvalue weighted by Gasteiger charge is 2.49. The van der Waals surface area contributed by atoms with Gasteiger partial charge in [0.05, 0.1) is 11.8 Å². The van der Waals surface area contributed by atoms with Crippen LogP contribution in [0.25, 0.3) is 0 Å². The molecule has 1 aromatic rings. The van der Waals surface area contributed by atoms with Crippen molar-refractivity contribution in [2.24, 2.45) is 11.8 Å². The van der Waals surface area contributed by atoms with Crippen molar-refractivity contribution in [2.45, 2.75) is 26.3 Å². The lowest BCUT2D eigenvalue weighted by Crippen LogP contribution is -2.34. The van der Waals surface area contributed by atoms with E-state index in [2.05, 4.69) is 5.32 Å². The molecule has 19 heavy (non-hydrogen) atoms. The fourth-order valence-electron chi connectivity index (χ4n) is 2.18. The zero-order valence-corrected chi connectivity index (χ0v) is 11.6. The first kappa shape index (κ1) is 13.6. The highest BCUT2D eigenvalue weighted by atomic mass is 16.2. The van der Waals surface area contributed by atoms with Crippen molar-refractivity contribution in [2.75, 3.05) is 11.9 Å². The van der Waals surface area contributed by atoms with E-state index in [0.29, 0.717) is 6.42 Å². The average Bonchev–Trinajstić information content (AvgIpc) is 3.17. The second kappa shape index (κ2) is 5.43. The Hall–Kier alpha value is -1.84. The number of anilines is 1. The third kappa shape index (κ3) is 3.13. The summed E-state index contributed by atoms with van der Waals surface area (Å²) < 4.78 is 0. The number of benzene rings is 1. The summed E-state index contributed by atoms with van der Waals surface area (Å²) in [4.78, 5) is 25.7. The zero-order valence-electron chi connectivity index (χ0n) is 11.6. The fourth-order valence-corrected chi connectivity index (χ4v) is 2.18. The van der Waals surface area contributed by atoms with Crippen LogP contribution in [0.4, 0.5) is 5.69 Å².